The molecule has 178 valence electrons. The van der Waals surface area contributed by atoms with Gasteiger partial charge in [0.05, 0.1) is 13.2 Å². The summed E-state index contributed by atoms with van der Waals surface area (Å²) in [6.07, 6.45) is 3.76. The molecule has 0 atom stereocenters. The highest BCUT2D eigenvalue weighted by Crippen LogP contribution is 2.19. The third kappa shape index (κ3) is 5.78. The Bertz CT molecular complexity index is 1170. The van der Waals surface area contributed by atoms with Crippen molar-refractivity contribution in [2.24, 2.45) is 0 Å². The minimum absolute atomic E-state index is 0.0549. The van der Waals surface area contributed by atoms with E-state index in [4.69, 9.17) is 11.5 Å². The van der Waals surface area contributed by atoms with Gasteiger partial charge in [0.1, 0.15) is 0 Å². The Hall–Kier alpha value is -4.20. The van der Waals surface area contributed by atoms with Crippen molar-refractivity contribution in [1.29, 1.82) is 0 Å². The second-order valence-electron chi connectivity index (χ2n) is 7.69. The van der Waals surface area contributed by atoms with E-state index in [1.807, 2.05) is 65.7 Å². The number of thiophene rings is 1. The predicted octanol–water partition coefficient (Wildman–Crippen LogP) is 1.39. The molecule has 4 aromatic heterocycles. The Morgan fingerprint density at radius 3 is 2.35 bits per heavy atom. The standard InChI is InChI=1S/C20H27N13S/c1-31(2)18-28-17(24-10-14-5-4-8-34-14)29-19(30-18)32(3)12-33(11-13-6-7-23-9-13)20-26-15(21)25-16(22)27-20/h4-9,23H,10-12H2,1-3H3,(H,24,28,29,30)(H4,21,22,25,26,27). The quantitative estimate of drug-likeness (QED) is 0.241. The Morgan fingerprint density at radius 2 is 1.71 bits per heavy atom. The molecule has 0 saturated heterocycles. The maximum atomic E-state index is 5.82. The van der Waals surface area contributed by atoms with Gasteiger partial charge in [-0.05, 0) is 23.1 Å². The Balaban J connectivity index is 1.59. The van der Waals surface area contributed by atoms with Crippen molar-refractivity contribution in [1.82, 2.24) is 34.9 Å². The molecule has 4 rings (SSSR count). The van der Waals surface area contributed by atoms with Crippen LogP contribution in [0.5, 0.6) is 0 Å². The van der Waals surface area contributed by atoms with Gasteiger partial charge in [-0.1, -0.05) is 6.07 Å². The number of aromatic nitrogens is 7. The van der Waals surface area contributed by atoms with Gasteiger partial charge in [0, 0.05) is 45.0 Å². The maximum Gasteiger partial charge on any atom is 0.233 e. The monoisotopic (exact) mass is 481 g/mol. The number of aromatic amines is 1. The van der Waals surface area contributed by atoms with Crippen molar-refractivity contribution in [3.05, 3.63) is 46.4 Å². The fourth-order valence-electron chi connectivity index (χ4n) is 3.10. The molecule has 0 aliphatic carbocycles. The topological polar surface area (TPSA) is 167 Å². The van der Waals surface area contributed by atoms with Crippen LogP contribution < -0.4 is 31.5 Å². The lowest BCUT2D eigenvalue weighted by atomic mass is 10.3. The first-order valence-electron chi connectivity index (χ1n) is 10.4. The van der Waals surface area contributed by atoms with Gasteiger partial charge in [-0.2, -0.15) is 29.9 Å². The Morgan fingerprint density at radius 1 is 0.941 bits per heavy atom. The molecule has 0 saturated carbocycles. The van der Waals surface area contributed by atoms with Crippen molar-refractivity contribution >= 4 is 47.0 Å². The smallest absolute Gasteiger partial charge is 0.233 e. The molecule has 4 aromatic rings. The number of nitrogen functional groups attached to an aromatic ring is 2. The molecule has 0 unspecified atom stereocenters. The van der Waals surface area contributed by atoms with Crippen LogP contribution in [0.2, 0.25) is 0 Å². The largest absolute Gasteiger partial charge is 0.368 e. The van der Waals surface area contributed by atoms with Gasteiger partial charge < -0.3 is 36.5 Å². The first-order chi connectivity index (χ1) is 16.4. The highest BCUT2D eigenvalue weighted by atomic mass is 32.1. The molecular formula is C20H27N13S. The molecule has 0 spiro atoms. The van der Waals surface area contributed by atoms with Crippen molar-refractivity contribution in [2.75, 3.05) is 59.3 Å². The minimum Gasteiger partial charge on any atom is -0.368 e. The Kier molecular flexibility index (Phi) is 6.87. The van der Waals surface area contributed by atoms with E-state index in [2.05, 4.69) is 46.3 Å². The van der Waals surface area contributed by atoms with Crippen LogP contribution in [-0.4, -0.2) is 62.7 Å². The van der Waals surface area contributed by atoms with Crippen LogP contribution in [0.1, 0.15) is 10.4 Å². The van der Waals surface area contributed by atoms with Gasteiger partial charge in [0.25, 0.3) is 0 Å². The second kappa shape index (κ2) is 10.2. The number of hydrogen-bond donors (Lipinski definition) is 4. The van der Waals surface area contributed by atoms with E-state index in [-0.39, 0.29) is 11.9 Å². The van der Waals surface area contributed by atoms with Crippen LogP contribution in [0.3, 0.4) is 0 Å². The number of nitrogens with zero attached hydrogens (tertiary/aromatic N) is 9. The van der Waals surface area contributed by atoms with Crippen LogP contribution in [0.4, 0.5) is 35.7 Å². The minimum atomic E-state index is 0.0549. The number of nitrogens with two attached hydrogens (primary N) is 2. The lowest BCUT2D eigenvalue weighted by Crippen LogP contribution is -2.38. The highest BCUT2D eigenvalue weighted by Gasteiger charge is 2.19. The Labute approximate surface area is 200 Å². The van der Waals surface area contributed by atoms with Crippen molar-refractivity contribution in [3.63, 3.8) is 0 Å². The summed E-state index contributed by atoms with van der Waals surface area (Å²) in [7, 11) is 5.66. The van der Waals surface area contributed by atoms with E-state index in [1.54, 1.807) is 11.3 Å². The SMILES string of the molecule is CN(C)c1nc(NCc2cccs2)nc(N(C)CN(Cc2cc[nH]c2)c2nc(N)nc(N)n2)n1. The van der Waals surface area contributed by atoms with Crippen LogP contribution >= 0.6 is 11.3 Å². The van der Waals surface area contributed by atoms with E-state index in [9.17, 15) is 0 Å². The zero-order valence-corrected chi connectivity index (χ0v) is 20.0. The predicted molar refractivity (Wildman–Crippen MR) is 135 cm³/mol. The van der Waals surface area contributed by atoms with Crippen LogP contribution in [0, 0.1) is 0 Å². The van der Waals surface area contributed by atoms with E-state index in [1.165, 1.54) is 4.88 Å². The average Bonchev–Trinajstić information content (AvgIpc) is 3.50. The first kappa shape index (κ1) is 23.0. The molecule has 13 nitrogen and oxygen atoms in total. The molecule has 0 aromatic carbocycles. The summed E-state index contributed by atoms with van der Waals surface area (Å²) in [5, 5.41) is 5.32. The summed E-state index contributed by atoms with van der Waals surface area (Å²) in [6, 6.07) is 6.05. The fraction of sp³-hybridized carbons (Fsp3) is 0.300. The summed E-state index contributed by atoms with van der Waals surface area (Å²) in [5.74, 6) is 1.98. The molecule has 14 heteroatoms. The zero-order valence-electron chi connectivity index (χ0n) is 19.2. The van der Waals surface area contributed by atoms with Crippen molar-refractivity contribution in [3.8, 4) is 0 Å². The number of nitrogens with one attached hydrogen (secondary N) is 2. The van der Waals surface area contributed by atoms with E-state index >= 15 is 0 Å². The molecule has 0 radical (unpaired) electrons. The molecule has 6 N–H and O–H groups in total. The van der Waals surface area contributed by atoms with Crippen LogP contribution in [0.15, 0.2) is 36.0 Å². The normalized spacial score (nSPS) is 10.8. The third-order valence-electron chi connectivity index (χ3n) is 4.71. The van der Waals surface area contributed by atoms with Gasteiger partial charge in [0.15, 0.2) is 0 Å². The van der Waals surface area contributed by atoms with Crippen LogP contribution in [0.25, 0.3) is 0 Å². The first-order valence-corrected chi connectivity index (χ1v) is 11.3. The van der Waals surface area contributed by atoms with Gasteiger partial charge in [0.2, 0.25) is 35.7 Å². The molecule has 0 aliphatic heterocycles. The maximum absolute atomic E-state index is 5.82. The zero-order chi connectivity index (χ0) is 24.1. The molecular weight excluding hydrogens is 454 g/mol. The highest BCUT2D eigenvalue weighted by molar-refractivity contribution is 7.09. The number of hydrogen-bond acceptors (Lipinski definition) is 13. The van der Waals surface area contributed by atoms with Crippen LogP contribution in [-0.2, 0) is 13.1 Å². The summed E-state index contributed by atoms with van der Waals surface area (Å²) < 4.78 is 0. The van der Waals surface area contributed by atoms with Crippen molar-refractivity contribution in [2.45, 2.75) is 13.1 Å². The fourth-order valence-corrected chi connectivity index (χ4v) is 3.75. The molecule has 4 heterocycles. The number of rotatable bonds is 10. The van der Waals surface area contributed by atoms with Gasteiger partial charge in [-0.15, -0.1) is 11.3 Å². The van der Waals surface area contributed by atoms with Gasteiger partial charge in [-0.3, -0.25) is 0 Å². The summed E-state index contributed by atoms with van der Waals surface area (Å²) in [5.41, 5.74) is 12.7. The molecule has 0 amide bonds. The molecule has 0 fully saturated rings. The summed E-state index contributed by atoms with van der Waals surface area (Å²) in [6.45, 7) is 1.49. The summed E-state index contributed by atoms with van der Waals surface area (Å²) in [4.78, 5) is 36.1. The lowest BCUT2D eigenvalue weighted by Gasteiger charge is -2.28. The molecule has 34 heavy (non-hydrogen) atoms. The van der Waals surface area contributed by atoms with Gasteiger partial charge >= 0.3 is 0 Å². The number of H-pyrrole nitrogens is 1. The van der Waals surface area contributed by atoms with E-state index in [0.717, 1.165) is 5.56 Å². The molecule has 0 aliphatic rings. The molecule has 0 bridgehead atoms. The third-order valence-corrected chi connectivity index (χ3v) is 5.59. The van der Waals surface area contributed by atoms with Gasteiger partial charge in [-0.25, -0.2) is 0 Å². The van der Waals surface area contributed by atoms with E-state index in [0.29, 0.717) is 43.6 Å². The average molecular weight is 482 g/mol. The van der Waals surface area contributed by atoms with Crippen molar-refractivity contribution < 1.29 is 0 Å². The number of anilines is 6. The van der Waals surface area contributed by atoms with E-state index < -0.39 is 0 Å². The second-order valence-corrected chi connectivity index (χ2v) is 8.73. The lowest BCUT2D eigenvalue weighted by molar-refractivity contribution is 0.725. The summed E-state index contributed by atoms with van der Waals surface area (Å²) >= 11 is 1.67.